The Labute approximate surface area is 160 Å². The van der Waals surface area contributed by atoms with Crippen LogP contribution in [0.4, 0.5) is 11.4 Å². The van der Waals surface area contributed by atoms with Crippen LogP contribution in [0.3, 0.4) is 0 Å². The van der Waals surface area contributed by atoms with Crippen molar-refractivity contribution in [3.8, 4) is 0 Å². The summed E-state index contributed by atoms with van der Waals surface area (Å²) < 4.78 is 0. The number of hydrogen-bond acceptors (Lipinski definition) is 6. The quantitative estimate of drug-likeness (QED) is 0.457. The zero-order valence-electron chi connectivity index (χ0n) is 15.1. The Kier molecular flexibility index (Phi) is 5.42. The minimum atomic E-state index is -0.471. The molecule has 1 fully saturated rings. The van der Waals surface area contributed by atoms with E-state index >= 15 is 0 Å². The lowest BCUT2D eigenvalue weighted by atomic mass is 9.94. The summed E-state index contributed by atoms with van der Waals surface area (Å²) in [7, 11) is 1.89. The number of carbonyl (C=O) groups excluding carboxylic acids is 1. The molecule has 0 N–H and O–H groups in total. The molecule has 0 unspecified atom stereocenters. The van der Waals surface area contributed by atoms with Crippen LogP contribution in [-0.2, 0) is 4.79 Å². The van der Waals surface area contributed by atoms with Gasteiger partial charge in [-0.25, -0.2) is 0 Å². The SMILES string of the molecule is CN1CC(=Cc2ccc([N+](=O)[O-])cc2)C(=O)C(=Cc2ccc([N+](=O)[O-])cc2)C1. The van der Waals surface area contributed by atoms with Gasteiger partial charge in [-0.3, -0.25) is 29.9 Å². The molecule has 2 aromatic rings. The van der Waals surface area contributed by atoms with Crippen molar-refractivity contribution in [1.29, 1.82) is 0 Å². The van der Waals surface area contributed by atoms with Crippen LogP contribution in [-0.4, -0.2) is 40.7 Å². The molecule has 0 atom stereocenters. The number of hydrogen-bond donors (Lipinski definition) is 0. The molecular formula is C20H17N3O5. The Morgan fingerprint density at radius 3 is 1.46 bits per heavy atom. The highest BCUT2D eigenvalue weighted by molar-refractivity contribution is 6.14. The van der Waals surface area contributed by atoms with E-state index in [9.17, 15) is 25.0 Å². The van der Waals surface area contributed by atoms with E-state index in [2.05, 4.69) is 0 Å². The summed E-state index contributed by atoms with van der Waals surface area (Å²) in [6.07, 6.45) is 3.46. The van der Waals surface area contributed by atoms with E-state index in [0.717, 1.165) is 0 Å². The number of likely N-dealkylation sites (tertiary alicyclic amines) is 1. The zero-order valence-corrected chi connectivity index (χ0v) is 15.1. The molecule has 0 aliphatic carbocycles. The van der Waals surface area contributed by atoms with E-state index < -0.39 is 9.85 Å². The van der Waals surface area contributed by atoms with Crippen LogP contribution in [0.5, 0.6) is 0 Å². The van der Waals surface area contributed by atoms with Crippen molar-refractivity contribution in [2.24, 2.45) is 0 Å². The number of nitro benzene ring substituents is 2. The second kappa shape index (κ2) is 7.93. The molecule has 0 aromatic heterocycles. The molecule has 0 bridgehead atoms. The fraction of sp³-hybridized carbons (Fsp3) is 0.150. The lowest BCUT2D eigenvalue weighted by molar-refractivity contribution is -0.385. The number of likely N-dealkylation sites (N-methyl/N-ethyl adjacent to an activating group) is 1. The average Bonchev–Trinajstić information content (AvgIpc) is 2.66. The number of nitro groups is 2. The first-order chi connectivity index (χ1) is 13.3. The van der Waals surface area contributed by atoms with Gasteiger partial charge in [0.15, 0.2) is 5.78 Å². The van der Waals surface area contributed by atoms with Gasteiger partial charge >= 0.3 is 0 Å². The van der Waals surface area contributed by atoms with Crippen LogP contribution >= 0.6 is 0 Å². The van der Waals surface area contributed by atoms with Crippen molar-refractivity contribution in [1.82, 2.24) is 4.90 Å². The molecule has 0 saturated carbocycles. The molecule has 1 aliphatic heterocycles. The maximum atomic E-state index is 12.9. The molecule has 3 rings (SSSR count). The van der Waals surface area contributed by atoms with Crippen molar-refractivity contribution in [3.63, 3.8) is 0 Å². The highest BCUT2D eigenvalue weighted by Gasteiger charge is 2.24. The van der Waals surface area contributed by atoms with E-state index in [1.54, 1.807) is 36.4 Å². The first kappa shape index (κ1) is 19.1. The van der Waals surface area contributed by atoms with Gasteiger partial charge < -0.3 is 0 Å². The molecule has 8 heteroatoms. The van der Waals surface area contributed by atoms with Crippen LogP contribution in [0.15, 0.2) is 59.7 Å². The Morgan fingerprint density at radius 2 is 1.14 bits per heavy atom. The Hall–Kier alpha value is -3.65. The first-order valence-corrected chi connectivity index (χ1v) is 8.47. The molecular weight excluding hydrogens is 362 g/mol. The van der Waals surface area contributed by atoms with Crippen molar-refractivity contribution in [2.45, 2.75) is 0 Å². The van der Waals surface area contributed by atoms with Gasteiger partial charge in [-0.05, 0) is 54.6 Å². The van der Waals surface area contributed by atoms with E-state index in [-0.39, 0.29) is 17.2 Å². The monoisotopic (exact) mass is 379 g/mol. The van der Waals surface area contributed by atoms with Crippen molar-refractivity contribution >= 4 is 29.3 Å². The number of benzene rings is 2. The number of Topliss-reactive ketones (excluding diaryl/α,β-unsaturated/α-hetero) is 1. The molecule has 142 valence electrons. The van der Waals surface area contributed by atoms with Gasteiger partial charge in [0.05, 0.1) is 9.85 Å². The molecule has 0 spiro atoms. The van der Waals surface area contributed by atoms with E-state index in [0.29, 0.717) is 35.4 Å². The number of rotatable bonds is 4. The van der Waals surface area contributed by atoms with Crippen molar-refractivity contribution in [3.05, 3.63) is 91.0 Å². The minimum Gasteiger partial charge on any atom is -0.298 e. The van der Waals surface area contributed by atoms with Gasteiger partial charge in [0.1, 0.15) is 0 Å². The average molecular weight is 379 g/mol. The van der Waals surface area contributed by atoms with Crippen LogP contribution in [0.25, 0.3) is 12.2 Å². The third kappa shape index (κ3) is 4.36. The zero-order chi connectivity index (χ0) is 20.3. The van der Waals surface area contributed by atoms with Crippen LogP contribution < -0.4 is 0 Å². The summed E-state index contributed by atoms with van der Waals surface area (Å²) in [5.41, 5.74) is 2.56. The topological polar surface area (TPSA) is 107 Å². The fourth-order valence-corrected chi connectivity index (χ4v) is 3.00. The minimum absolute atomic E-state index is 0.00649. The smallest absolute Gasteiger partial charge is 0.269 e. The molecule has 1 heterocycles. The standard InChI is InChI=1S/C20H17N3O5/c1-21-12-16(10-14-2-6-18(7-3-14)22(25)26)20(24)17(13-21)11-15-4-8-19(9-5-15)23(27)28/h2-11H,12-13H2,1H3. The normalized spacial score (nSPS) is 17.8. The highest BCUT2D eigenvalue weighted by Crippen LogP contribution is 2.23. The van der Waals surface area contributed by atoms with Crippen LogP contribution in [0.1, 0.15) is 11.1 Å². The van der Waals surface area contributed by atoms with Gasteiger partial charge in [0.2, 0.25) is 0 Å². The predicted molar refractivity (Wildman–Crippen MR) is 105 cm³/mol. The molecule has 0 amide bonds. The van der Waals surface area contributed by atoms with Crippen molar-refractivity contribution in [2.75, 3.05) is 20.1 Å². The fourth-order valence-electron chi connectivity index (χ4n) is 3.00. The van der Waals surface area contributed by atoms with Crippen LogP contribution in [0.2, 0.25) is 0 Å². The van der Waals surface area contributed by atoms with E-state index in [1.165, 1.54) is 24.3 Å². The number of nitrogens with zero attached hydrogens (tertiary/aromatic N) is 3. The van der Waals surface area contributed by atoms with Gasteiger partial charge in [0, 0.05) is 48.5 Å². The summed E-state index contributed by atoms with van der Waals surface area (Å²) in [5.74, 6) is -0.102. The van der Waals surface area contributed by atoms with Gasteiger partial charge in [-0.15, -0.1) is 0 Å². The highest BCUT2D eigenvalue weighted by atomic mass is 16.6. The number of non-ortho nitro benzene ring substituents is 2. The third-order valence-corrected chi connectivity index (χ3v) is 4.35. The summed E-state index contributed by atoms with van der Waals surface area (Å²) in [5, 5.41) is 21.5. The van der Waals surface area contributed by atoms with Gasteiger partial charge in [-0.2, -0.15) is 0 Å². The van der Waals surface area contributed by atoms with E-state index in [4.69, 9.17) is 0 Å². The van der Waals surface area contributed by atoms with Gasteiger partial charge in [0.25, 0.3) is 11.4 Å². The van der Waals surface area contributed by atoms with Crippen molar-refractivity contribution < 1.29 is 14.6 Å². The summed E-state index contributed by atoms with van der Waals surface area (Å²) in [4.78, 5) is 35.4. The molecule has 2 aromatic carbocycles. The molecule has 8 nitrogen and oxygen atoms in total. The molecule has 1 saturated heterocycles. The van der Waals surface area contributed by atoms with E-state index in [1.807, 2.05) is 11.9 Å². The molecule has 28 heavy (non-hydrogen) atoms. The second-order valence-corrected chi connectivity index (χ2v) is 6.54. The number of piperidine rings is 1. The number of carbonyl (C=O) groups is 1. The third-order valence-electron chi connectivity index (χ3n) is 4.35. The Balaban J connectivity index is 1.87. The predicted octanol–water partition coefficient (Wildman–Crippen LogP) is 3.48. The summed E-state index contributed by atoms with van der Waals surface area (Å²) >= 11 is 0. The van der Waals surface area contributed by atoms with Crippen LogP contribution in [0, 0.1) is 20.2 Å². The maximum absolute atomic E-state index is 12.9. The Bertz CT molecular complexity index is 912. The molecule has 1 aliphatic rings. The molecule has 0 radical (unpaired) electrons. The lowest BCUT2D eigenvalue weighted by Crippen LogP contribution is -2.34. The number of ketones is 1. The first-order valence-electron chi connectivity index (χ1n) is 8.47. The summed E-state index contributed by atoms with van der Waals surface area (Å²) in [6.45, 7) is 0.931. The lowest BCUT2D eigenvalue weighted by Gasteiger charge is -2.26. The van der Waals surface area contributed by atoms with Gasteiger partial charge in [-0.1, -0.05) is 0 Å². The largest absolute Gasteiger partial charge is 0.298 e. The Morgan fingerprint density at radius 1 is 0.786 bits per heavy atom. The second-order valence-electron chi connectivity index (χ2n) is 6.54. The maximum Gasteiger partial charge on any atom is 0.269 e. The summed E-state index contributed by atoms with van der Waals surface area (Å²) in [6, 6.07) is 12.0.